The summed E-state index contributed by atoms with van der Waals surface area (Å²) in [7, 11) is 0. The molecule has 0 fully saturated rings. The smallest absolute Gasteiger partial charge is 0.177 e. The zero-order chi connectivity index (χ0) is 23.8. The van der Waals surface area contributed by atoms with Crippen molar-refractivity contribution in [1.29, 1.82) is 0 Å². The Morgan fingerprint density at radius 1 is 1.03 bits per heavy atom. The molecule has 0 amide bonds. The maximum Gasteiger partial charge on any atom is 0.177 e. The number of aromatic amines is 1. The Morgan fingerprint density at radius 2 is 1.97 bits per heavy atom. The Labute approximate surface area is 201 Å². The van der Waals surface area contributed by atoms with Gasteiger partial charge in [0, 0.05) is 45.5 Å². The van der Waals surface area contributed by atoms with Gasteiger partial charge in [0.2, 0.25) is 0 Å². The average molecular weight is 482 g/mol. The number of H-pyrrole nitrogens is 1. The molecule has 8 nitrogen and oxygen atoms in total. The lowest BCUT2D eigenvalue weighted by Gasteiger charge is -2.08. The van der Waals surface area contributed by atoms with Crippen molar-refractivity contribution in [1.82, 2.24) is 30.4 Å². The summed E-state index contributed by atoms with van der Waals surface area (Å²) in [6.45, 7) is 0. The molecular weight excluding hydrogens is 465 g/mol. The van der Waals surface area contributed by atoms with E-state index in [4.69, 9.17) is 0 Å². The number of ketones is 1. The lowest BCUT2D eigenvalue weighted by Crippen LogP contribution is -2.01. The van der Waals surface area contributed by atoms with E-state index >= 15 is 0 Å². The number of fused-ring (bicyclic) bond motifs is 2. The first-order chi connectivity index (χ1) is 17.1. The number of benzene rings is 2. The third-order valence-electron chi connectivity index (χ3n) is 5.50. The molecule has 0 aliphatic rings. The van der Waals surface area contributed by atoms with E-state index in [0.717, 1.165) is 22.2 Å². The molecule has 4 heterocycles. The van der Waals surface area contributed by atoms with Gasteiger partial charge in [-0.25, -0.2) is 14.4 Å². The van der Waals surface area contributed by atoms with Crippen molar-refractivity contribution in [2.45, 2.75) is 6.42 Å². The van der Waals surface area contributed by atoms with Gasteiger partial charge in [-0.1, -0.05) is 0 Å². The van der Waals surface area contributed by atoms with Gasteiger partial charge in [-0.05, 0) is 54.1 Å². The lowest BCUT2D eigenvalue weighted by atomic mass is 10.1. The highest BCUT2D eigenvalue weighted by Gasteiger charge is 2.16. The highest BCUT2D eigenvalue weighted by atomic mass is 32.1. The van der Waals surface area contributed by atoms with Gasteiger partial charge >= 0.3 is 0 Å². The molecule has 6 rings (SSSR count). The first-order valence-electron chi connectivity index (χ1n) is 10.7. The van der Waals surface area contributed by atoms with Gasteiger partial charge in [-0.15, -0.1) is 11.3 Å². The standard InChI is InChI=1S/C25H16FN7OS/c26-19-9-15(10-22-18(19)11-23(35-22)21(34)7-14-3-6-28-29-12-14)25-27-5-4-24(32-25)31-17-1-2-20-16(8-17)13-30-33-20/h1-6,8-13H,7H2,(H,30,33)(H,27,31,32). The molecule has 0 unspecified atom stereocenters. The molecule has 0 radical (unpaired) electrons. The highest BCUT2D eigenvalue weighted by molar-refractivity contribution is 7.20. The number of carbonyl (C=O) groups excluding carboxylic acids is 1. The minimum Gasteiger partial charge on any atom is -0.340 e. The van der Waals surface area contributed by atoms with Crippen LogP contribution in [-0.2, 0) is 6.42 Å². The van der Waals surface area contributed by atoms with Crippen LogP contribution in [-0.4, -0.2) is 36.1 Å². The second-order valence-electron chi connectivity index (χ2n) is 7.89. The van der Waals surface area contributed by atoms with Crippen LogP contribution >= 0.6 is 11.3 Å². The second kappa shape index (κ2) is 8.65. The monoisotopic (exact) mass is 481 g/mol. The number of carbonyl (C=O) groups is 1. The average Bonchev–Trinajstić information content (AvgIpc) is 3.52. The summed E-state index contributed by atoms with van der Waals surface area (Å²) in [4.78, 5) is 22.1. The molecule has 6 aromatic rings. The molecule has 35 heavy (non-hydrogen) atoms. The van der Waals surface area contributed by atoms with E-state index in [1.165, 1.54) is 23.6 Å². The normalized spacial score (nSPS) is 11.2. The Hall–Kier alpha value is -4.57. The third-order valence-corrected chi connectivity index (χ3v) is 6.62. The number of halogens is 1. The molecule has 10 heteroatoms. The highest BCUT2D eigenvalue weighted by Crippen LogP contribution is 2.33. The SMILES string of the molecule is O=C(Cc1ccnnc1)c1cc2c(F)cc(-c3nccc(Nc4ccc5[nH]ncc5c4)n3)cc2s1. The summed E-state index contributed by atoms with van der Waals surface area (Å²) in [5.41, 5.74) is 3.07. The molecule has 0 bridgehead atoms. The number of rotatable bonds is 6. The van der Waals surface area contributed by atoms with Crippen molar-refractivity contribution in [2.24, 2.45) is 0 Å². The zero-order valence-corrected chi connectivity index (χ0v) is 18.9. The number of hydrogen-bond donors (Lipinski definition) is 2. The molecule has 0 aliphatic carbocycles. The van der Waals surface area contributed by atoms with E-state index in [2.05, 4.69) is 35.7 Å². The Bertz CT molecular complexity index is 1700. The maximum absolute atomic E-state index is 15.0. The van der Waals surface area contributed by atoms with Crippen LogP contribution in [0.3, 0.4) is 0 Å². The van der Waals surface area contributed by atoms with Crippen LogP contribution in [0.25, 0.3) is 32.4 Å². The Kier molecular flexibility index (Phi) is 5.19. The lowest BCUT2D eigenvalue weighted by molar-refractivity contribution is 0.0996. The maximum atomic E-state index is 15.0. The minimum atomic E-state index is -0.425. The first-order valence-corrected chi connectivity index (χ1v) is 11.5. The fraction of sp³-hybridized carbons (Fsp3) is 0.0400. The second-order valence-corrected chi connectivity index (χ2v) is 8.98. The van der Waals surface area contributed by atoms with Crippen molar-refractivity contribution in [2.75, 3.05) is 5.32 Å². The van der Waals surface area contributed by atoms with Crippen molar-refractivity contribution in [3.63, 3.8) is 0 Å². The molecule has 0 atom stereocenters. The summed E-state index contributed by atoms with van der Waals surface area (Å²) >= 11 is 1.25. The van der Waals surface area contributed by atoms with E-state index in [1.807, 2.05) is 24.3 Å². The van der Waals surface area contributed by atoms with Gasteiger partial charge in [0.15, 0.2) is 11.6 Å². The number of nitrogens with zero attached hydrogens (tertiary/aromatic N) is 5. The topological polar surface area (TPSA) is 109 Å². The van der Waals surface area contributed by atoms with Crippen molar-refractivity contribution >= 4 is 49.6 Å². The zero-order valence-electron chi connectivity index (χ0n) is 18.1. The van der Waals surface area contributed by atoms with Crippen LogP contribution in [0.1, 0.15) is 15.2 Å². The molecule has 0 saturated heterocycles. The van der Waals surface area contributed by atoms with E-state index in [1.54, 1.807) is 36.8 Å². The van der Waals surface area contributed by atoms with Gasteiger partial charge in [0.1, 0.15) is 11.6 Å². The summed E-state index contributed by atoms with van der Waals surface area (Å²) < 4.78 is 15.7. The predicted octanol–water partition coefficient (Wildman–Crippen LogP) is 5.33. The summed E-state index contributed by atoms with van der Waals surface area (Å²) in [5.74, 6) is 0.429. The minimum absolute atomic E-state index is 0.0998. The quantitative estimate of drug-likeness (QED) is 0.309. The van der Waals surface area contributed by atoms with Gasteiger partial charge in [0.05, 0.1) is 22.8 Å². The van der Waals surface area contributed by atoms with Crippen molar-refractivity contribution in [3.05, 3.63) is 89.6 Å². The fourth-order valence-corrected chi connectivity index (χ4v) is 4.85. The molecule has 170 valence electrons. The van der Waals surface area contributed by atoms with E-state index < -0.39 is 5.82 Å². The summed E-state index contributed by atoms with van der Waals surface area (Å²) in [6, 6.07) is 14.1. The molecular formula is C25H16FN7OS. The van der Waals surface area contributed by atoms with Crippen LogP contribution in [0.5, 0.6) is 0 Å². The number of hydrogen-bond acceptors (Lipinski definition) is 8. The van der Waals surface area contributed by atoms with E-state index in [-0.39, 0.29) is 12.2 Å². The van der Waals surface area contributed by atoms with Crippen LogP contribution in [0.4, 0.5) is 15.9 Å². The largest absolute Gasteiger partial charge is 0.340 e. The number of nitrogens with one attached hydrogen (secondary N) is 2. The number of Topliss-reactive ketones (excluding diaryl/α,β-unsaturated/α-hetero) is 1. The number of thiophene rings is 1. The molecule has 2 aromatic carbocycles. The molecule has 2 N–H and O–H groups in total. The number of aromatic nitrogens is 6. The van der Waals surface area contributed by atoms with Crippen molar-refractivity contribution in [3.8, 4) is 11.4 Å². The third kappa shape index (κ3) is 4.22. The van der Waals surface area contributed by atoms with Gasteiger partial charge in [-0.2, -0.15) is 15.3 Å². The first kappa shape index (κ1) is 21.0. The van der Waals surface area contributed by atoms with Gasteiger partial charge in [-0.3, -0.25) is 9.89 Å². The van der Waals surface area contributed by atoms with E-state index in [9.17, 15) is 9.18 Å². The van der Waals surface area contributed by atoms with Gasteiger partial charge < -0.3 is 5.32 Å². The fourth-order valence-electron chi connectivity index (χ4n) is 3.79. The van der Waals surface area contributed by atoms with E-state index in [0.29, 0.717) is 32.2 Å². The van der Waals surface area contributed by atoms with Crippen molar-refractivity contribution < 1.29 is 9.18 Å². The summed E-state index contributed by atoms with van der Waals surface area (Å²) in [5, 5.41) is 19.1. The number of anilines is 2. The Balaban J connectivity index is 1.29. The van der Waals surface area contributed by atoms with Crippen LogP contribution < -0.4 is 5.32 Å². The molecule has 0 aliphatic heterocycles. The molecule has 0 spiro atoms. The van der Waals surface area contributed by atoms with Crippen LogP contribution in [0, 0.1) is 5.82 Å². The van der Waals surface area contributed by atoms with Crippen LogP contribution in [0.2, 0.25) is 0 Å². The summed E-state index contributed by atoms with van der Waals surface area (Å²) in [6.07, 6.45) is 6.64. The van der Waals surface area contributed by atoms with Gasteiger partial charge in [0.25, 0.3) is 0 Å². The Morgan fingerprint density at radius 3 is 2.86 bits per heavy atom. The molecule has 4 aromatic heterocycles. The predicted molar refractivity (Wildman–Crippen MR) is 132 cm³/mol. The van der Waals surface area contributed by atoms with Crippen LogP contribution in [0.15, 0.2) is 73.3 Å². The molecule has 0 saturated carbocycles.